The number of nitrogens with zero attached hydrogens (tertiary/aromatic N) is 1. The number of hydrogen-bond acceptors (Lipinski definition) is 5. The molecule has 1 aliphatic rings. The van der Waals surface area contributed by atoms with Gasteiger partial charge in [-0.05, 0) is 24.5 Å². The minimum Gasteiger partial charge on any atom is -0.469 e. The maximum atomic E-state index is 12.8. The van der Waals surface area contributed by atoms with Crippen molar-refractivity contribution in [2.24, 2.45) is 0 Å². The highest BCUT2D eigenvalue weighted by Gasteiger charge is 2.44. The van der Waals surface area contributed by atoms with Crippen molar-refractivity contribution in [2.45, 2.75) is 30.4 Å². The highest BCUT2D eigenvalue weighted by Crippen LogP contribution is 2.38. The van der Waals surface area contributed by atoms with Gasteiger partial charge in [0.15, 0.2) is 0 Å². The van der Waals surface area contributed by atoms with Crippen LogP contribution in [0.4, 0.5) is 0 Å². The van der Waals surface area contributed by atoms with Gasteiger partial charge in [-0.2, -0.15) is 0 Å². The van der Waals surface area contributed by atoms with Crippen molar-refractivity contribution in [2.75, 3.05) is 19.4 Å². The molecule has 2 heterocycles. The van der Waals surface area contributed by atoms with Crippen molar-refractivity contribution in [1.82, 2.24) is 10.3 Å². The third-order valence-electron chi connectivity index (χ3n) is 3.83. The van der Waals surface area contributed by atoms with E-state index in [4.69, 9.17) is 12.2 Å². The first kappa shape index (κ1) is 17.0. The number of carbonyl (C=O) groups excluding carboxylic acids is 1. The van der Waals surface area contributed by atoms with E-state index in [-0.39, 0.29) is 12.4 Å². The molecule has 0 radical (unpaired) electrons. The maximum absolute atomic E-state index is 12.8. The first-order valence-electron chi connectivity index (χ1n) is 7.25. The Balaban J connectivity index is 2.20. The molecule has 1 aliphatic heterocycles. The van der Waals surface area contributed by atoms with E-state index in [0.29, 0.717) is 17.3 Å². The number of aromatic nitrogens is 1. The zero-order valence-electron chi connectivity index (χ0n) is 12.5. The number of rotatable bonds is 5. The first-order chi connectivity index (χ1) is 10.6. The number of nitrogens with one attached hydrogen (secondary N) is 1. The lowest BCUT2D eigenvalue weighted by Gasteiger charge is -2.37. The zero-order valence-corrected chi connectivity index (χ0v) is 14.2. The minimum atomic E-state index is -1.09. The summed E-state index contributed by atoms with van der Waals surface area (Å²) in [5.74, 6) is 0.337. The van der Waals surface area contributed by atoms with Crippen LogP contribution in [0.25, 0.3) is 0 Å². The largest absolute Gasteiger partial charge is 0.469 e. The standard InChI is InChI=1S/C15H20N2O3S2/c1-20-13(18)6-9-17-14(21)15(7-2-3-10-22(15)19)12-5-4-8-16-11-12/h4-5,8,11H,2-3,6-7,9-10H2,1H3,(H,17,21)/t15-,22-/m1/s1. The van der Waals surface area contributed by atoms with Crippen LogP contribution in [-0.4, -0.2) is 39.6 Å². The molecule has 1 aromatic rings. The summed E-state index contributed by atoms with van der Waals surface area (Å²) in [5, 5.41) is 3.10. The molecule has 5 nitrogen and oxygen atoms in total. The van der Waals surface area contributed by atoms with Gasteiger partial charge >= 0.3 is 5.97 Å². The van der Waals surface area contributed by atoms with Crippen LogP contribution in [0.5, 0.6) is 0 Å². The van der Waals surface area contributed by atoms with Crippen LogP contribution in [0.15, 0.2) is 24.5 Å². The second kappa shape index (κ2) is 7.78. The van der Waals surface area contributed by atoms with Gasteiger partial charge in [0.05, 0.1) is 18.5 Å². The lowest BCUT2D eigenvalue weighted by Crippen LogP contribution is -2.49. The number of hydrogen-bond donors (Lipinski definition) is 1. The number of carbonyl (C=O) groups is 1. The summed E-state index contributed by atoms with van der Waals surface area (Å²) in [5.41, 5.74) is 0.878. The molecule has 0 amide bonds. The highest BCUT2D eigenvalue weighted by atomic mass is 32.2. The molecule has 2 rings (SSSR count). The van der Waals surface area contributed by atoms with Crippen LogP contribution in [0.3, 0.4) is 0 Å². The molecule has 0 spiro atoms. The SMILES string of the molecule is COC(=O)CCNC(=S)[C@]1(c2cccnc2)CCCC[S@]1=O. The summed E-state index contributed by atoms with van der Waals surface area (Å²) >= 11 is 5.55. The molecule has 2 atom stereocenters. The Morgan fingerprint density at radius 3 is 3.00 bits per heavy atom. The number of pyridine rings is 1. The lowest BCUT2D eigenvalue weighted by molar-refractivity contribution is -0.140. The Morgan fingerprint density at radius 1 is 1.55 bits per heavy atom. The van der Waals surface area contributed by atoms with E-state index in [0.717, 1.165) is 24.8 Å². The smallest absolute Gasteiger partial charge is 0.307 e. The van der Waals surface area contributed by atoms with Crippen molar-refractivity contribution in [3.8, 4) is 0 Å². The van der Waals surface area contributed by atoms with E-state index >= 15 is 0 Å². The normalized spacial score (nSPS) is 24.5. The molecule has 7 heteroatoms. The van der Waals surface area contributed by atoms with Crippen LogP contribution >= 0.6 is 12.2 Å². The number of thiocarbonyl (C=S) groups is 1. The maximum Gasteiger partial charge on any atom is 0.307 e. The molecular weight excluding hydrogens is 320 g/mol. The molecule has 1 aromatic heterocycles. The second-order valence-corrected chi connectivity index (χ2v) is 7.36. The minimum absolute atomic E-state index is 0.229. The number of ether oxygens (including phenoxy) is 1. The quantitative estimate of drug-likeness (QED) is 0.650. The van der Waals surface area contributed by atoms with Crippen LogP contribution < -0.4 is 5.32 Å². The van der Waals surface area contributed by atoms with Crippen molar-refractivity contribution in [3.05, 3.63) is 30.1 Å². The topological polar surface area (TPSA) is 68.3 Å². The number of esters is 1. The molecule has 120 valence electrons. The molecule has 1 N–H and O–H groups in total. The molecule has 0 bridgehead atoms. The molecule has 22 heavy (non-hydrogen) atoms. The molecule has 0 aromatic carbocycles. The summed E-state index contributed by atoms with van der Waals surface area (Å²) in [4.78, 5) is 15.9. The van der Waals surface area contributed by atoms with E-state index in [9.17, 15) is 9.00 Å². The summed E-state index contributed by atoms with van der Waals surface area (Å²) in [6, 6.07) is 3.75. The zero-order chi connectivity index (χ0) is 16.0. The van der Waals surface area contributed by atoms with E-state index < -0.39 is 15.5 Å². The average molecular weight is 340 g/mol. The van der Waals surface area contributed by atoms with Gasteiger partial charge in [0, 0.05) is 35.5 Å². The Morgan fingerprint density at radius 2 is 2.36 bits per heavy atom. The predicted molar refractivity (Wildman–Crippen MR) is 90.0 cm³/mol. The van der Waals surface area contributed by atoms with Crippen molar-refractivity contribution in [1.29, 1.82) is 0 Å². The van der Waals surface area contributed by atoms with Crippen LogP contribution in [0.1, 0.15) is 31.2 Å². The van der Waals surface area contributed by atoms with Gasteiger partial charge in [0.25, 0.3) is 0 Å². The average Bonchev–Trinajstić information content (AvgIpc) is 2.56. The van der Waals surface area contributed by atoms with Crippen molar-refractivity contribution >= 4 is 34.0 Å². The molecule has 0 unspecified atom stereocenters. The predicted octanol–water partition coefficient (Wildman–Crippen LogP) is 1.69. The molecule has 0 saturated carbocycles. The third kappa shape index (κ3) is 3.52. The van der Waals surface area contributed by atoms with E-state index in [2.05, 4.69) is 15.0 Å². The highest BCUT2D eigenvalue weighted by molar-refractivity contribution is 7.90. The summed E-state index contributed by atoms with van der Waals surface area (Å²) in [6.45, 7) is 0.380. The molecule has 1 saturated heterocycles. The van der Waals surface area contributed by atoms with E-state index in [1.807, 2.05) is 12.1 Å². The Labute approximate surface area is 138 Å². The van der Waals surface area contributed by atoms with Crippen LogP contribution in [-0.2, 0) is 25.1 Å². The van der Waals surface area contributed by atoms with E-state index in [1.54, 1.807) is 12.4 Å². The Bertz CT molecular complexity index is 565. The fourth-order valence-corrected chi connectivity index (χ4v) is 5.09. The molecular formula is C15H20N2O3S2. The fourth-order valence-electron chi connectivity index (χ4n) is 2.64. The summed E-state index contributed by atoms with van der Waals surface area (Å²) in [6.07, 6.45) is 6.30. The number of methoxy groups -OCH3 is 1. The van der Waals surface area contributed by atoms with E-state index in [1.165, 1.54) is 7.11 Å². The van der Waals surface area contributed by atoms with Gasteiger partial charge < -0.3 is 10.1 Å². The van der Waals surface area contributed by atoms with Crippen molar-refractivity contribution < 1.29 is 13.7 Å². The lowest BCUT2D eigenvalue weighted by atomic mass is 9.92. The Hall–Kier alpha value is -1.34. The van der Waals surface area contributed by atoms with Crippen LogP contribution in [0.2, 0.25) is 0 Å². The third-order valence-corrected chi connectivity index (χ3v) is 6.54. The fraction of sp³-hybridized carbons (Fsp3) is 0.533. The van der Waals surface area contributed by atoms with Crippen LogP contribution in [0, 0.1) is 0 Å². The van der Waals surface area contributed by atoms with Crippen molar-refractivity contribution in [3.63, 3.8) is 0 Å². The van der Waals surface area contributed by atoms with Gasteiger partial charge in [-0.15, -0.1) is 0 Å². The Kier molecular flexibility index (Phi) is 6.02. The molecule has 1 fully saturated rings. The van der Waals surface area contributed by atoms with Gasteiger partial charge in [-0.1, -0.05) is 24.7 Å². The monoisotopic (exact) mass is 340 g/mol. The molecule has 0 aliphatic carbocycles. The van der Waals surface area contributed by atoms with Gasteiger partial charge in [-0.25, -0.2) is 0 Å². The van der Waals surface area contributed by atoms with Gasteiger partial charge in [0.1, 0.15) is 4.75 Å². The van der Waals surface area contributed by atoms with Gasteiger partial charge in [0.2, 0.25) is 0 Å². The second-order valence-electron chi connectivity index (χ2n) is 5.16. The first-order valence-corrected chi connectivity index (χ1v) is 8.98. The van der Waals surface area contributed by atoms with Gasteiger partial charge in [-0.3, -0.25) is 14.0 Å². The summed E-state index contributed by atoms with van der Waals surface area (Å²) < 4.78 is 16.7. The summed E-state index contributed by atoms with van der Waals surface area (Å²) in [7, 11) is 0.262.